The van der Waals surface area contributed by atoms with E-state index < -0.39 is 5.97 Å². The predicted octanol–water partition coefficient (Wildman–Crippen LogP) is 3.42. The summed E-state index contributed by atoms with van der Waals surface area (Å²) in [6.07, 6.45) is 3.53. The van der Waals surface area contributed by atoms with Crippen LogP contribution >= 0.6 is 23.2 Å². The maximum Gasteiger partial charge on any atom is 0.341 e. The summed E-state index contributed by atoms with van der Waals surface area (Å²) in [7, 11) is 1.34. The van der Waals surface area contributed by atoms with Crippen molar-refractivity contribution >= 4 is 29.2 Å². The zero-order valence-electron chi connectivity index (χ0n) is 10.3. The second kappa shape index (κ2) is 7.01. The van der Waals surface area contributed by atoms with Crippen LogP contribution in [0.3, 0.4) is 0 Å². The number of nitrogens with one attached hydrogen (secondary N) is 1. The number of hydrogen-bond donors (Lipinski definition) is 2. The van der Waals surface area contributed by atoms with Crippen molar-refractivity contribution in [1.82, 2.24) is 9.97 Å². The summed E-state index contributed by atoms with van der Waals surface area (Å²) in [5.41, 5.74) is -0.114. The second-order valence-corrected chi connectivity index (χ2v) is 4.23. The quantitative estimate of drug-likeness (QED) is 0.891. The van der Waals surface area contributed by atoms with E-state index in [0.717, 1.165) is 5.82 Å². The molecule has 0 fully saturated rings. The third-order valence-electron chi connectivity index (χ3n) is 2.11. The van der Waals surface area contributed by atoms with Crippen LogP contribution in [0.15, 0.2) is 24.5 Å². The van der Waals surface area contributed by atoms with E-state index >= 15 is 0 Å². The number of rotatable bonds is 2. The number of benzene rings is 1. The minimum absolute atomic E-state index is 0.0849. The molecule has 2 aromatic rings. The van der Waals surface area contributed by atoms with Gasteiger partial charge in [-0.15, -0.1) is 0 Å². The molecule has 0 aliphatic carbocycles. The van der Waals surface area contributed by atoms with Gasteiger partial charge in [-0.3, -0.25) is 0 Å². The minimum atomic E-state index is -1.16. The highest BCUT2D eigenvalue weighted by atomic mass is 35.5. The van der Waals surface area contributed by atoms with Gasteiger partial charge in [-0.1, -0.05) is 23.2 Å². The van der Waals surface area contributed by atoms with Crippen molar-refractivity contribution in [3.8, 4) is 5.75 Å². The van der Waals surface area contributed by atoms with E-state index in [4.69, 9.17) is 33.0 Å². The zero-order chi connectivity index (χ0) is 14.4. The topological polar surface area (TPSA) is 75.2 Å². The minimum Gasteiger partial charge on any atom is -0.494 e. The molecule has 0 unspecified atom stereocenters. The maximum atomic E-state index is 10.7. The average Bonchev–Trinajstić information content (AvgIpc) is 2.83. The lowest BCUT2D eigenvalue weighted by Gasteiger charge is -2.07. The van der Waals surface area contributed by atoms with Crippen molar-refractivity contribution < 1.29 is 14.6 Å². The molecule has 0 radical (unpaired) electrons. The Morgan fingerprint density at radius 2 is 2.00 bits per heavy atom. The number of aryl methyl sites for hydroxylation is 1. The Hall–Kier alpha value is -1.72. The summed E-state index contributed by atoms with van der Waals surface area (Å²) in [5, 5.41) is 9.11. The first kappa shape index (κ1) is 15.3. The predicted molar refractivity (Wildman–Crippen MR) is 73.3 cm³/mol. The van der Waals surface area contributed by atoms with E-state index in [1.54, 1.807) is 12.4 Å². The highest BCUT2D eigenvalue weighted by Gasteiger charge is 2.17. The van der Waals surface area contributed by atoms with Gasteiger partial charge in [0.2, 0.25) is 0 Å². The van der Waals surface area contributed by atoms with Crippen molar-refractivity contribution in [2.75, 3.05) is 7.11 Å². The van der Waals surface area contributed by atoms with Crippen molar-refractivity contribution in [3.05, 3.63) is 46.0 Å². The van der Waals surface area contributed by atoms with Crippen molar-refractivity contribution in [2.24, 2.45) is 0 Å². The molecule has 0 bridgehead atoms. The number of aromatic carboxylic acids is 1. The number of carboxylic acid groups (broad SMARTS) is 1. The van der Waals surface area contributed by atoms with Crippen LogP contribution in [-0.4, -0.2) is 28.2 Å². The molecule has 0 aliphatic heterocycles. The fraction of sp³-hybridized carbons (Fsp3) is 0.167. The highest BCUT2D eigenvalue weighted by molar-refractivity contribution is 6.36. The van der Waals surface area contributed by atoms with E-state index in [1.807, 2.05) is 6.92 Å². The van der Waals surface area contributed by atoms with Crippen LogP contribution in [0.25, 0.3) is 0 Å². The Bertz CT molecular complexity index is 556. The lowest BCUT2D eigenvalue weighted by atomic mass is 10.2. The molecule has 1 aromatic carbocycles. The van der Waals surface area contributed by atoms with Gasteiger partial charge in [-0.25, -0.2) is 9.78 Å². The number of nitrogens with zero attached hydrogens (tertiary/aromatic N) is 1. The number of halogens is 2. The summed E-state index contributed by atoms with van der Waals surface area (Å²) in [6.45, 7) is 1.92. The molecular formula is C12H12Cl2N2O3. The third-order valence-corrected chi connectivity index (χ3v) is 2.72. The lowest BCUT2D eigenvalue weighted by molar-refractivity contribution is 0.0693. The number of aromatic amines is 1. The number of H-pyrrole nitrogens is 1. The van der Waals surface area contributed by atoms with Crippen molar-refractivity contribution in [2.45, 2.75) is 6.92 Å². The summed E-state index contributed by atoms with van der Waals surface area (Å²) in [5.74, 6) is -0.110. The van der Waals surface area contributed by atoms with Crippen LogP contribution in [0.4, 0.5) is 0 Å². The first-order valence-corrected chi connectivity index (χ1v) is 5.94. The molecule has 0 atom stereocenters. The van der Waals surface area contributed by atoms with E-state index in [9.17, 15) is 4.79 Å². The van der Waals surface area contributed by atoms with E-state index in [0.29, 0.717) is 0 Å². The number of ether oxygens (including phenoxy) is 1. The number of imidazole rings is 1. The summed E-state index contributed by atoms with van der Waals surface area (Å²) < 4.78 is 4.82. The fourth-order valence-electron chi connectivity index (χ4n) is 1.28. The highest BCUT2D eigenvalue weighted by Crippen LogP contribution is 2.33. The van der Waals surface area contributed by atoms with Gasteiger partial charge in [0.25, 0.3) is 0 Å². The van der Waals surface area contributed by atoms with E-state index in [1.165, 1.54) is 19.2 Å². The summed E-state index contributed by atoms with van der Waals surface area (Å²) in [4.78, 5) is 17.5. The normalized spacial score (nSPS) is 9.47. The second-order valence-electron chi connectivity index (χ2n) is 3.42. The van der Waals surface area contributed by atoms with Gasteiger partial charge in [0.15, 0.2) is 5.75 Å². The molecule has 2 rings (SSSR count). The Morgan fingerprint density at radius 1 is 1.37 bits per heavy atom. The zero-order valence-corrected chi connectivity index (χ0v) is 11.8. The number of aromatic nitrogens is 2. The molecule has 5 nitrogen and oxygen atoms in total. The van der Waals surface area contributed by atoms with Crippen LogP contribution in [0.5, 0.6) is 5.75 Å². The number of carboxylic acids is 1. The molecule has 0 saturated carbocycles. The Labute approximate surface area is 120 Å². The molecule has 102 valence electrons. The van der Waals surface area contributed by atoms with Gasteiger partial charge in [0, 0.05) is 12.4 Å². The number of methoxy groups -OCH3 is 1. The standard InChI is InChI=1S/C8H6Cl2O3.C4H6N2/c1-13-7-5(10)3-2-4(9)6(7)8(11)12;1-4-5-2-3-6-4/h2-3H,1H3,(H,11,12);2-3H,1H3,(H,5,6). The Morgan fingerprint density at radius 3 is 2.32 bits per heavy atom. The first-order chi connectivity index (χ1) is 8.97. The molecule has 0 amide bonds. The van der Waals surface area contributed by atoms with Gasteiger partial charge in [-0.05, 0) is 19.1 Å². The van der Waals surface area contributed by atoms with Gasteiger partial charge < -0.3 is 14.8 Å². The fourth-order valence-corrected chi connectivity index (χ4v) is 1.74. The molecule has 1 heterocycles. The van der Waals surface area contributed by atoms with Crippen molar-refractivity contribution in [3.63, 3.8) is 0 Å². The van der Waals surface area contributed by atoms with Gasteiger partial charge in [0.1, 0.15) is 11.4 Å². The SMILES string of the molecule is COc1c(Cl)ccc(Cl)c1C(=O)O.Cc1ncc[nH]1. The van der Waals surface area contributed by atoms with Crippen LogP contribution in [-0.2, 0) is 0 Å². The summed E-state index contributed by atoms with van der Waals surface area (Å²) in [6, 6.07) is 2.89. The molecule has 1 aromatic heterocycles. The van der Waals surface area contributed by atoms with Gasteiger partial charge in [-0.2, -0.15) is 0 Å². The largest absolute Gasteiger partial charge is 0.494 e. The molecule has 7 heteroatoms. The Kier molecular flexibility index (Phi) is 5.66. The van der Waals surface area contributed by atoms with Gasteiger partial charge >= 0.3 is 5.97 Å². The maximum absolute atomic E-state index is 10.7. The van der Waals surface area contributed by atoms with E-state index in [2.05, 4.69) is 9.97 Å². The number of hydrogen-bond acceptors (Lipinski definition) is 3. The van der Waals surface area contributed by atoms with Gasteiger partial charge in [0.05, 0.1) is 17.2 Å². The first-order valence-electron chi connectivity index (χ1n) is 5.18. The monoisotopic (exact) mass is 302 g/mol. The molecule has 0 spiro atoms. The molecular weight excluding hydrogens is 291 g/mol. The van der Waals surface area contributed by atoms with Crippen molar-refractivity contribution in [1.29, 1.82) is 0 Å². The van der Waals surface area contributed by atoms with Crippen LogP contribution in [0.1, 0.15) is 16.2 Å². The third kappa shape index (κ3) is 4.15. The van der Waals surface area contributed by atoms with Crippen LogP contribution in [0, 0.1) is 6.92 Å². The van der Waals surface area contributed by atoms with E-state index in [-0.39, 0.29) is 21.4 Å². The molecule has 0 aliphatic rings. The van der Waals surface area contributed by atoms with Crippen LogP contribution in [0.2, 0.25) is 10.0 Å². The smallest absolute Gasteiger partial charge is 0.341 e. The molecule has 0 saturated heterocycles. The Balaban J connectivity index is 0.000000250. The summed E-state index contributed by atoms with van der Waals surface area (Å²) >= 11 is 11.4. The lowest BCUT2D eigenvalue weighted by Crippen LogP contribution is -2.01. The molecule has 2 N–H and O–H groups in total. The number of carbonyl (C=O) groups is 1. The molecule has 19 heavy (non-hydrogen) atoms. The average molecular weight is 303 g/mol. The van der Waals surface area contributed by atoms with Crippen LogP contribution < -0.4 is 4.74 Å².